The lowest BCUT2D eigenvalue weighted by Gasteiger charge is -2.15. The molecule has 0 saturated carbocycles. The standard InChI is InChI=1S/C16H24BrNO3/c1-18-11-12-9-14(17)16(15(10-12)19-2)21-8-4-6-13-5-3-7-20-13/h9-10,13,18H,3-8,11H2,1-2H3. The van der Waals surface area contributed by atoms with Gasteiger partial charge in [-0.15, -0.1) is 0 Å². The van der Waals surface area contributed by atoms with E-state index in [-0.39, 0.29) is 0 Å². The van der Waals surface area contributed by atoms with Gasteiger partial charge in [-0.05, 0) is 66.4 Å². The molecule has 21 heavy (non-hydrogen) atoms. The van der Waals surface area contributed by atoms with Crippen LogP contribution in [0.5, 0.6) is 11.5 Å². The van der Waals surface area contributed by atoms with Crippen molar-refractivity contribution in [2.45, 2.75) is 38.3 Å². The predicted molar refractivity (Wildman–Crippen MR) is 87.2 cm³/mol. The second-order valence-corrected chi connectivity index (χ2v) is 6.12. The molecule has 1 saturated heterocycles. The van der Waals surface area contributed by atoms with Crippen molar-refractivity contribution in [1.82, 2.24) is 5.32 Å². The summed E-state index contributed by atoms with van der Waals surface area (Å²) < 4.78 is 17.9. The highest BCUT2D eigenvalue weighted by atomic mass is 79.9. The Morgan fingerprint density at radius 3 is 2.95 bits per heavy atom. The Morgan fingerprint density at radius 2 is 2.29 bits per heavy atom. The highest BCUT2D eigenvalue weighted by Gasteiger charge is 2.15. The van der Waals surface area contributed by atoms with Gasteiger partial charge < -0.3 is 19.5 Å². The predicted octanol–water partition coefficient (Wildman–Crippen LogP) is 3.52. The summed E-state index contributed by atoms with van der Waals surface area (Å²) in [6, 6.07) is 4.07. The number of ether oxygens (including phenoxy) is 3. The summed E-state index contributed by atoms with van der Waals surface area (Å²) in [4.78, 5) is 0. The third kappa shape index (κ3) is 4.87. The van der Waals surface area contributed by atoms with Gasteiger partial charge in [-0.3, -0.25) is 0 Å². The number of hydrogen-bond donors (Lipinski definition) is 1. The Bertz CT molecular complexity index is 447. The topological polar surface area (TPSA) is 39.7 Å². The molecular weight excluding hydrogens is 334 g/mol. The van der Waals surface area contributed by atoms with E-state index in [9.17, 15) is 0 Å². The summed E-state index contributed by atoms with van der Waals surface area (Å²) in [5, 5.41) is 3.13. The van der Waals surface area contributed by atoms with Gasteiger partial charge in [0.2, 0.25) is 0 Å². The number of methoxy groups -OCH3 is 1. The zero-order valence-corrected chi connectivity index (χ0v) is 14.4. The number of hydrogen-bond acceptors (Lipinski definition) is 4. The van der Waals surface area contributed by atoms with Crippen LogP contribution in [0.2, 0.25) is 0 Å². The van der Waals surface area contributed by atoms with Crippen LogP contribution in [0.15, 0.2) is 16.6 Å². The first-order valence-electron chi connectivity index (χ1n) is 7.50. The van der Waals surface area contributed by atoms with Crippen LogP contribution in [0.25, 0.3) is 0 Å². The smallest absolute Gasteiger partial charge is 0.175 e. The van der Waals surface area contributed by atoms with Gasteiger partial charge in [0.05, 0.1) is 24.3 Å². The van der Waals surface area contributed by atoms with Gasteiger partial charge in [-0.2, -0.15) is 0 Å². The van der Waals surface area contributed by atoms with E-state index < -0.39 is 0 Å². The van der Waals surface area contributed by atoms with E-state index in [4.69, 9.17) is 14.2 Å². The van der Waals surface area contributed by atoms with Crippen LogP contribution in [0, 0.1) is 0 Å². The van der Waals surface area contributed by atoms with Gasteiger partial charge in [0.15, 0.2) is 11.5 Å². The fraction of sp³-hybridized carbons (Fsp3) is 0.625. The summed E-state index contributed by atoms with van der Waals surface area (Å²) in [7, 11) is 3.60. The minimum absolute atomic E-state index is 0.428. The summed E-state index contributed by atoms with van der Waals surface area (Å²) in [5.41, 5.74) is 1.16. The fourth-order valence-corrected chi connectivity index (χ4v) is 3.18. The van der Waals surface area contributed by atoms with Crippen molar-refractivity contribution in [2.24, 2.45) is 0 Å². The number of halogens is 1. The highest BCUT2D eigenvalue weighted by molar-refractivity contribution is 9.10. The molecule has 1 aliphatic heterocycles. The van der Waals surface area contributed by atoms with Crippen LogP contribution in [-0.2, 0) is 11.3 Å². The third-order valence-corrected chi connectivity index (χ3v) is 4.20. The molecule has 0 bridgehead atoms. The van der Waals surface area contributed by atoms with Crippen LogP contribution < -0.4 is 14.8 Å². The van der Waals surface area contributed by atoms with Crippen LogP contribution in [-0.4, -0.2) is 33.5 Å². The monoisotopic (exact) mass is 357 g/mol. The van der Waals surface area contributed by atoms with Gasteiger partial charge in [0.25, 0.3) is 0 Å². The van der Waals surface area contributed by atoms with E-state index in [1.165, 1.54) is 12.8 Å². The van der Waals surface area contributed by atoms with E-state index in [1.807, 2.05) is 13.1 Å². The number of rotatable bonds is 8. The van der Waals surface area contributed by atoms with E-state index in [2.05, 4.69) is 27.3 Å². The molecule has 1 heterocycles. The Labute approximate surface area is 135 Å². The summed E-state index contributed by atoms with van der Waals surface area (Å²) in [5.74, 6) is 1.55. The molecule has 1 unspecified atom stereocenters. The molecule has 0 radical (unpaired) electrons. The van der Waals surface area contributed by atoms with Crippen molar-refractivity contribution in [3.63, 3.8) is 0 Å². The van der Waals surface area contributed by atoms with Crippen molar-refractivity contribution in [3.05, 3.63) is 22.2 Å². The largest absolute Gasteiger partial charge is 0.493 e. The molecule has 0 spiro atoms. The van der Waals surface area contributed by atoms with Crippen LogP contribution in [0.1, 0.15) is 31.2 Å². The highest BCUT2D eigenvalue weighted by Crippen LogP contribution is 2.36. The van der Waals surface area contributed by atoms with Gasteiger partial charge in [-0.1, -0.05) is 0 Å². The molecule has 1 aliphatic rings. The van der Waals surface area contributed by atoms with E-state index in [1.54, 1.807) is 7.11 Å². The average molecular weight is 358 g/mol. The van der Waals surface area contributed by atoms with E-state index in [0.717, 1.165) is 47.5 Å². The lowest BCUT2D eigenvalue weighted by atomic mass is 10.1. The third-order valence-electron chi connectivity index (χ3n) is 3.61. The minimum atomic E-state index is 0.428. The second kappa shape index (κ2) is 8.61. The molecule has 1 fully saturated rings. The minimum Gasteiger partial charge on any atom is -0.493 e. The maximum atomic E-state index is 5.90. The normalized spacial score (nSPS) is 18.0. The van der Waals surface area contributed by atoms with Crippen molar-refractivity contribution in [2.75, 3.05) is 27.4 Å². The second-order valence-electron chi connectivity index (χ2n) is 5.27. The van der Waals surface area contributed by atoms with Crippen LogP contribution in [0.3, 0.4) is 0 Å². The lowest BCUT2D eigenvalue weighted by molar-refractivity contribution is 0.0979. The molecule has 1 atom stereocenters. The van der Waals surface area contributed by atoms with Crippen LogP contribution >= 0.6 is 15.9 Å². The summed E-state index contributed by atoms with van der Waals surface area (Å²) in [6.07, 6.45) is 4.87. The molecule has 0 amide bonds. The summed E-state index contributed by atoms with van der Waals surface area (Å²) in [6.45, 7) is 2.40. The van der Waals surface area contributed by atoms with E-state index in [0.29, 0.717) is 12.7 Å². The first-order chi connectivity index (χ1) is 10.2. The molecule has 1 aromatic carbocycles. The fourth-order valence-electron chi connectivity index (χ4n) is 2.58. The molecule has 4 nitrogen and oxygen atoms in total. The average Bonchev–Trinajstić information content (AvgIpc) is 2.98. The SMILES string of the molecule is CNCc1cc(Br)c(OCCCC2CCCO2)c(OC)c1. The van der Waals surface area contributed by atoms with Crippen molar-refractivity contribution < 1.29 is 14.2 Å². The number of benzene rings is 1. The van der Waals surface area contributed by atoms with Crippen LogP contribution in [0.4, 0.5) is 0 Å². The first kappa shape index (κ1) is 16.6. The van der Waals surface area contributed by atoms with Gasteiger partial charge in [-0.25, -0.2) is 0 Å². The molecule has 2 rings (SSSR count). The lowest BCUT2D eigenvalue weighted by Crippen LogP contribution is -2.09. The Morgan fingerprint density at radius 1 is 1.43 bits per heavy atom. The maximum Gasteiger partial charge on any atom is 0.175 e. The van der Waals surface area contributed by atoms with Crippen molar-refractivity contribution in [1.29, 1.82) is 0 Å². The van der Waals surface area contributed by atoms with Gasteiger partial charge in [0.1, 0.15) is 0 Å². The van der Waals surface area contributed by atoms with Gasteiger partial charge in [0, 0.05) is 13.2 Å². The Balaban J connectivity index is 1.88. The molecule has 0 aliphatic carbocycles. The molecule has 0 aromatic heterocycles. The van der Waals surface area contributed by atoms with E-state index >= 15 is 0 Å². The molecule has 1 N–H and O–H groups in total. The zero-order chi connectivity index (χ0) is 15.1. The number of nitrogens with one attached hydrogen (secondary N) is 1. The van der Waals surface area contributed by atoms with Crippen molar-refractivity contribution in [3.8, 4) is 11.5 Å². The van der Waals surface area contributed by atoms with Crippen molar-refractivity contribution >= 4 is 15.9 Å². The zero-order valence-electron chi connectivity index (χ0n) is 12.8. The Kier molecular flexibility index (Phi) is 6.80. The maximum absolute atomic E-state index is 5.90. The summed E-state index contributed by atoms with van der Waals surface area (Å²) >= 11 is 3.57. The molecule has 118 valence electrons. The molecule has 1 aromatic rings. The Hall–Kier alpha value is -0.780. The first-order valence-corrected chi connectivity index (χ1v) is 8.29. The molecule has 5 heteroatoms. The van der Waals surface area contributed by atoms with Gasteiger partial charge >= 0.3 is 0 Å². The quantitative estimate of drug-likeness (QED) is 0.722. The molecular formula is C16H24BrNO3.